The van der Waals surface area contributed by atoms with Crippen molar-refractivity contribution in [2.75, 3.05) is 6.61 Å². The van der Waals surface area contributed by atoms with Crippen LogP contribution in [0.1, 0.15) is 26.3 Å². The summed E-state index contributed by atoms with van der Waals surface area (Å²) in [6.07, 6.45) is 0. The molecule has 0 aliphatic heterocycles. The van der Waals surface area contributed by atoms with Crippen LogP contribution in [0.3, 0.4) is 0 Å². The first kappa shape index (κ1) is 15.9. The topological polar surface area (TPSA) is 64.3 Å². The van der Waals surface area contributed by atoms with Gasteiger partial charge in [-0.15, -0.1) is 0 Å². The summed E-state index contributed by atoms with van der Waals surface area (Å²) in [5.74, 6) is 0.309. The van der Waals surface area contributed by atoms with Gasteiger partial charge < -0.3 is 15.8 Å². The van der Waals surface area contributed by atoms with Crippen LogP contribution in [0, 0.1) is 0 Å². The SMILES string of the molecule is CC(C)(C)NC(=O)COc1ccc(Br)cc1C(N)=S. The van der Waals surface area contributed by atoms with Crippen LogP contribution in [-0.4, -0.2) is 23.0 Å². The summed E-state index contributed by atoms with van der Waals surface area (Å²) < 4.78 is 6.31. The number of hydrogen-bond acceptors (Lipinski definition) is 3. The zero-order valence-electron chi connectivity index (χ0n) is 11.1. The van der Waals surface area contributed by atoms with Gasteiger partial charge in [0.15, 0.2) is 6.61 Å². The molecule has 0 saturated carbocycles. The van der Waals surface area contributed by atoms with E-state index < -0.39 is 0 Å². The maximum absolute atomic E-state index is 11.7. The van der Waals surface area contributed by atoms with Crippen LogP contribution < -0.4 is 15.8 Å². The minimum Gasteiger partial charge on any atom is -0.483 e. The lowest BCUT2D eigenvalue weighted by molar-refractivity contribution is -0.124. The molecule has 0 radical (unpaired) electrons. The summed E-state index contributed by atoms with van der Waals surface area (Å²) in [5, 5.41) is 2.81. The molecule has 6 heteroatoms. The summed E-state index contributed by atoms with van der Waals surface area (Å²) in [6, 6.07) is 5.29. The first-order chi connectivity index (χ1) is 8.69. The predicted molar refractivity (Wildman–Crippen MR) is 83.4 cm³/mol. The lowest BCUT2D eigenvalue weighted by atomic mass is 10.1. The molecule has 0 atom stereocenters. The monoisotopic (exact) mass is 344 g/mol. The molecule has 1 amide bonds. The molecule has 104 valence electrons. The first-order valence-corrected chi connectivity index (χ1v) is 6.92. The Morgan fingerprint density at radius 3 is 2.63 bits per heavy atom. The highest BCUT2D eigenvalue weighted by Gasteiger charge is 2.15. The number of carbonyl (C=O) groups excluding carboxylic acids is 1. The third-order valence-corrected chi connectivity index (χ3v) is 2.79. The fourth-order valence-corrected chi connectivity index (χ4v) is 1.94. The molecule has 1 aromatic carbocycles. The molecule has 0 aliphatic carbocycles. The van der Waals surface area contributed by atoms with E-state index in [2.05, 4.69) is 21.2 Å². The van der Waals surface area contributed by atoms with Crippen molar-refractivity contribution in [2.24, 2.45) is 5.73 Å². The fourth-order valence-electron chi connectivity index (χ4n) is 1.42. The lowest BCUT2D eigenvalue weighted by Crippen LogP contribution is -2.43. The molecule has 0 unspecified atom stereocenters. The third-order valence-electron chi connectivity index (χ3n) is 2.08. The quantitative estimate of drug-likeness (QED) is 0.823. The molecule has 0 aromatic heterocycles. The average Bonchev–Trinajstić information content (AvgIpc) is 2.24. The molecule has 0 bridgehead atoms. The van der Waals surface area contributed by atoms with Gasteiger partial charge >= 0.3 is 0 Å². The molecule has 0 aliphatic rings. The van der Waals surface area contributed by atoms with E-state index in [0.29, 0.717) is 11.3 Å². The van der Waals surface area contributed by atoms with Crippen molar-refractivity contribution in [3.05, 3.63) is 28.2 Å². The first-order valence-electron chi connectivity index (χ1n) is 5.72. The lowest BCUT2D eigenvalue weighted by Gasteiger charge is -2.20. The number of hydrogen-bond donors (Lipinski definition) is 2. The Balaban J connectivity index is 2.73. The molecule has 1 aromatic rings. The highest BCUT2D eigenvalue weighted by molar-refractivity contribution is 9.10. The normalized spacial score (nSPS) is 10.9. The van der Waals surface area contributed by atoms with Crippen LogP contribution in [0.15, 0.2) is 22.7 Å². The third kappa shape index (κ3) is 5.57. The highest BCUT2D eigenvalue weighted by atomic mass is 79.9. The molecule has 0 fully saturated rings. The Kier molecular flexibility index (Phi) is 5.31. The number of carbonyl (C=O) groups is 1. The molecule has 0 spiro atoms. The Labute approximate surface area is 126 Å². The fraction of sp³-hybridized carbons (Fsp3) is 0.385. The number of amides is 1. The van der Waals surface area contributed by atoms with E-state index >= 15 is 0 Å². The number of rotatable bonds is 4. The van der Waals surface area contributed by atoms with E-state index in [1.54, 1.807) is 18.2 Å². The van der Waals surface area contributed by atoms with Gasteiger partial charge in [0.05, 0.1) is 5.56 Å². The van der Waals surface area contributed by atoms with Gasteiger partial charge in [-0.3, -0.25) is 4.79 Å². The predicted octanol–water partition coefficient (Wildman–Crippen LogP) is 2.38. The van der Waals surface area contributed by atoms with Gasteiger partial charge in [0.2, 0.25) is 0 Å². The summed E-state index contributed by atoms with van der Waals surface area (Å²) in [4.78, 5) is 11.9. The van der Waals surface area contributed by atoms with Crippen LogP contribution >= 0.6 is 28.1 Å². The second kappa shape index (κ2) is 6.34. The van der Waals surface area contributed by atoms with Crippen molar-refractivity contribution < 1.29 is 9.53 Å². The molecule has 1 rings (SSSR count). The van der Waals surface area contributed by atoms with Gasteiger partial charge in [0.1, 0.15) is 10.7 Å². The van der Waals surface area contributed by atoms with Gasteiger partial charge in [-0.05, 0) is 39.0 Å². The van der Waals surface area contributed by atoms with E-state index in [4.69, 9.17) is 22.7 Å². The Bertz CT molecular complexity index is 498. The van der Waals surface area contributed by atoms with Crippen molar-refractivity contribution in [1.29, 1.82) is 0 Å². The molecule has 4 nitrogen and oxygen atoms in total. The van der Waals surface area contributed by atoms with Crippen LogP contribution in [0.2, 0.25) is 0 Å². The summed E-state index contributed by atoms with van der Waals surface area (Å²) in [6.45, 7) is 5.65. The zero-order valence-corrected chi connectivity index (χ0v) is 13.5. The summed E-state index contributed by atoms with van der Waals surface area (Å²) in [5.41, 5.74) is 5.94. The van der Waals surface area contributed by atoms with Crippen molar-refractivity contribution >= 4 is 39.0 Å². The standard InChI is InChI=1S/C13H17BrN2O2S/c1-13(2,3)16-11(17)7-18-10-5-4-8(14)6-9(10)12(15)19/h4-6H,7H2,1-3H3,(H2,15,19)(H,16,17). The van der Waals surface area contributed by atoms with E-state index in [1.807, 2.05) is 20.8 Å². The number of ether oxygens (including phenoxy) is 1. The second-order valence-electron chi connectivity index (χ2n) is 5.09. The molecular formula is C13H17BrN2O2S. The number of benzene rings is 1. The molecule has 3 N–H and O–H groups in total. The summed E-state index contributed by atoms with van der Waals surface area (Å²) in [7, 11) is 0. The average molecular weight is 345 g/mol. The van der Waals surface area contributed by atoms with E-state index in [0.717, 1.165) is 4.47 Å². The Hall–Kier alpha value is -1.14. The number of nitrogens with one attached hydrogen (secondary N) is 1. The number of thiocarbonyl (C=S) groups is 1. The molecule has 0 saturated heterocycles. The van der Waals surface area contributed by atoms with E-state index in [-0.39, 0.29) is 23.0 Å². The minimum absolute atomic E-state index is 0.0749. The molecule has 0 heterocycles. The van der Waals surface area contributed by atoms with E-state index in [1.165, 1.54) is 0 Å². The minimum atomic E-state index is -0.286. The Morgan fingerprint density at radius 1 is 1.47 bits per heavy atom. The highest BCUT2D eigenvalue weighted by Crippen LogP contribution is 2.23. The molecule has 19 heavy (non-hydrogen) atoms. The largest absolute Gasteiger partial charge is 0.483 e. The van der Waals surface area contributed by atoms with Crippen molar-refractivity contribution in [3.63, 3.8) is 0 Å². The van der Waals surface area contributed by atoms with E-state index in [9.17, 15) is 4.79 Å². The van der Waals surface area contributed by atoms with Gasteiger partial charge in [-0.2, -0.15) is 0 Å². The maximum Gasteiger partial charge on any atom is 0.258 e. The Morgan fingerprint density at radius 2 is 2.11 bits per heavy atom. The number of halogens is 1. The summed E-state index contributed by atoms with van der Waals surface area (Å²) >= 11 is 8.29. The van der Waals surface area contributed by atoms with Gasteiger partial charge in [-0.1, -0.05) is 28.1 Å². The maximum atomic E-state index is 11.7. The van der Waals surface area contributed by atoms with Crippen molar-refractivity contribution in [2.45, 2.75) is 26.3 Å². The van der Waals surface area contributed by atoms with Crippen LogP contribution in [0.4, 0.5) is 0 Å². The van der Waals surface area contributed by atoms with Crippen LogP contribution in [0.5, 0.6) is 5.75 Å². The van der Waals surface area contributed by atoms with Crippen molar-refractivity contribution in [1.82, 2.24) is 5.32 Å². The van der Waals surface area contributed by atoms with Crippen molar-refractivity contribution in [3.8, 4) is 5.75 Å². The number of nitrogens with two attached hydrogens (primary N) is 1. The van der Waals surface area contributed by atoms with Crippen LogP contribution in [-0.2, 0) is 4.79 Å². The van der Waals surface area contributed by atoms with Crippen LogP contribution in [0.25, 0.3) is 0 Å². The van der Waals surface area contributed by atoms with Gasteiger partial charge in [-0.25, -0.2) is 0 Å². The second-order valence-corrected chi connectivity index (χ2v) is 6.45. The van der Waals surface area contributed by atoms with Gasteiger partial charge in [0.25, 0.3) is 5.91 Å². The zero-order chi connectivity index (χ0) is 14.6. The smallest absolute Gasteiger partial charge is 0.258 e. The van der Waals surface area contributed by atoms with Gasteiger partial charge in [0, 0.05) is 10.0 Å². The molecular weight excluding hydrogens is 328 g/mol.